The molecule has 88 valence electrons. The van der Waals surface area contributed by atoms with Crippen LogP contribution in [-0.4, -0.2) is 7.05 Å². The zero-order valence-electron chi connectivity index (χ0n) is 10.2. The topological polar surface area (TPSA) is 21.3 Å². The van der Waals surface area contributed by atoms with E-state index in [0.717, 1.165) is 11.4 Å². The zero-order valence-corrected chi connectivity index (χ0v) is 10.2. The molecule has 17 heavy (non-hydrogen) atoms. The largest absolute Gasteiger partial charge is 0.489 e. The monoisotopic (exact) mass is 227 g/mol. The maximum absolute atomic E-state index is 5.74. The molecule has 0 unspecified atom stereocenters. The van der Waals surface area contributed by atoms with Crippen LogP contribution in [0.1, 0.15) is 11.1 Å². The number of aryl methyl sites for hydroxylation is 1. The SMILES string of the molecule is CNc1ccc(OCc2ccccc2C)cc1. The van der Waals surface area contributed by atoms with E-state index < -0.39 is 0 Å². The number of anilines is 1. The van der Waals surface area contributed by atoms with Gasteiger partial charge in [0.15, 0.2) is 0 Å². The predicted octanol–water partition coefficient (Wildman–Crippen LogP) is 3.62. The summed E-state index contributed by atoms with van der Waals surface area (Å²) in [5, 5.41) is 3.08. The van der Waals surface area contributed by atoms with Gasteiger partial charge in [-0.15, -0.1) is 0 Å². The number of nitrogens with one attached hydrogen (secondary N) is 1. The number of hydrogen-bond donors (Lipinski definition) is 1. The Balaban J connectivity index is 2.00. The normalized spacial score (nSPS) is 10.0. The highest BCUT2D eigenvalue weighted by molar-refractivity contribution is 5.45. The molecule has 2 aromatic carbocycles. The van der Waals surface area contributed by atoms with E-state index in [2.05, 4.69) is 24.4 Å². The maximum atomic E-state index is 5.74. The maximum Gasteiger partial charge on any atom is 0.119 e. The van der Waals surface area contributed by atoms with Crippen LogP contribution in [0.5, 0.6) is 5.75 Å². The summed E-state index contributed by atoms with van der Waals surface area (Å²) in [7, 11) is 1.91. The van der Waals surface area contributed by atoms with Gasteiger partial charge in [0.1, 0.15) is 12.4 Å². The van der Waals surface area contributed by atoms with Crippen LogP contribution in [0.15, 0.2) is 48.5 Å². The fourth-order valence-electron chi connectivity index (χ4n) is 1.65. The zero-order chi connectivity index (χ0) is 12.1. The molecule has 0 amide bonds. The number of hydrogen-bond acceptors (Lipinski definition) is 2. The second kappa shape index (κ2) is 5.39. The van der Waals surface area contributed by atoms with E-state index in [1.165, 1.54) is 11.1 Å². The Hall–Kier alpha value is -1.96. The molecule has 0 atom stereocenters. The minimum atomic E-state index is 0.617. The van der Waals surface area contributed by atoms with Crippen molar-refractivity contribution in [3.8, 4) is 5.75 Å². The molecule has 0 radical (unpaired) electrons. The summed E-state index contributed by atoms with van der Waals surface area (Å²) in [5.74, 6) is 0.896. The Kier molecular flexibility index (Phi) is 3.66. The molecule has 2 nitrogen and oxygen atoms in total. The molecular weight excluding hydrogens is 210 g/mol. The van der Waals surface area contributed by atoms with Crippen molar-refractivity contribution < 1.29 is 4.74 Å². The highest BCUT2D eigenvalue weighted by Crippen LogP contribution is 2.17. The third-order valence-corrected chi connectivity index (χ3v) is 2.80. The number of rotatable bonds is 4. The molecular formula is C15H17NO. The van der Waals surface area contributed by atoms with Gasteiger partial charge in [-0.05, 0) is 42.3 Å². The van der Waals surface area contributed by atoms with Crippen LogP contribution in [-0.2, 0) is 6.61 Å². The summed E-state index contributed by atoms with van der Waals surface area (Å²) in [4.78, 5) is 0. The van der Waals surface area contributed by atoms with Crippen molar-refractivity contribution in [2.75, 3.05) is 12.4 Å². The molecule has 0 saturated heterocycles. The van der Waals surface area contributed by atoms with Crippen molar-refractivity contribution in [1.29, 1.82) is 0 Å². The molecule has 2 rings (SSSR count). The second-order valence-corrected chi connectivity index (χ2v) is 3.99. The van der Waals surface area contributed by atoms with Crippen LogP contribution >= 0.6 is 0 Å². The smallest absolute Gasteiger partial charge is 0.119 e. The van der Waals surface area contributed by atoms with Crippen molar-refractivity contribution in [1.82, 2.24) is 0 Å². The molecule has 2 heteroatoms. The van der Waals surface area contributed by atoms with Crippen molar-refractivity contribution in [3.63, 3.8) is 0 Å². The molecule has 0 bridgehead atoms. The molecule has 0 aliphatic carbocycles. The Morgan fingerprint density at radius 1 is 1.00 bits per heavy atom. The van der Waals surface area contributed by atoms with Gasteiger partial charge in [-0.2, -0.15) is 0 Å². The Bertz CT molecular complexity index is 477. The van der Waals surface area contributed by atoms with E-state index in [1.807, 2.05) is 43.4 Å². The van der Waals surface area contributed by atoms with Crippen LogP contribution in [0.25, 0.3) is 0 Å². The number of benzene rings is 2. The first kappa shape index (κ1) is 11.5. The summed E-state index contributed by atoms with van der Waals surface area (Å²) >= 11 is 0. The van der Waals surface area contributed by atoms with Crippen LogP contribution in [0.4, 0.5) is 5.69 Å². The lowest BCUT2D eigenvalue weighted by atomic mass is 10.1. The molecule has 2 aromatic rings. The van der Waals surface area contributed by atoms with Crippen LogP contribution in [0.3, 0.4) is 0 Å². The van der Waals surface area contributed by atoms with Gasteiger partial charge in [0.05, 0.1) is 0 Å². The van der Waals surface area contributed by atoms with Crippen molar-refractivity contribution in [2.45, 2.75) is 13.5 Å². The second-order valence-electron chi connectivity index (χ2n) is 3.99. The third-order valence-electron chi connectivity index (χ3n) is 2.80. The average Bonchev–Trinajstić information content (AvgIpc) is 2.38. The van der Waals surface area contributed by atoms with Crippen LogP contribution < -0.4 is 10.1 Å². The van der Waals surface area contributed by atoms with Gasteiger partial charge in [0, 0.05) is 12.7 Å². The standard InChI is InChI=1S/C15H17NO/c1-12-5-3-4-6-13(12)11-17-15-9-7-14(16-2)8-10-15/h3-10,16H,11H2,1-2H3. The van der Waals surface area contributed by atoms with Crippen LogP contribution in [0.2, 0.25) is 0 Å². The third kappa shape index (κ3) is 3.00. The van der Waals surface area contributed by atoms with Crippen molar-refractivity contribution >= 4 is 5.69 Å². The predicted molar refractivity (Wildman–Crippen MR) is 71.5 cm³/mol. The molecule has 0 spiro atoms. The van der Waals surface area contributed by atoms with Gasteiger partial charge in [-0.25, -0.2) is 0 Å². The number of ether oxygens (including phenoxy) is 1. The lowest BCUT2D eigenvalue weighted by Crippen LogP contribution is -1.97. The van der Waals surface area contributed by atoms with E-state index in [4.69, 9.17) is 4.74 Å². The lowest BCUT2D eigenvalue weighted by molar-refractivity contribution is 0.305. The molecule has 0 heterocycles. The van der Waals surface area contributed by atoms with E-state index in [9.17, 15) is 0 Å². The first-order chi connectivity index (χ1) is 8.29. The Morgan fingerprint density at radius 3 is 2.35 bits per heavy atom. The summed E-state index contributed by atoms with van der Waals surface area (Å²) in [6, 6.07) is 16.2. The average molecular weight is 227 g/mol. The van der Waals surface area contributed by atoms with E-state index in [-0.39, 0.29) is 0 Å². The Labute approximate surface area is 102 Å². The molecule has 0 aromatic heterocycles. The van der Waals surface area contributed by atoms with Gasteiger partial charge in [0.25, 0.3) is 0 Å². The summed E-state index contributed by atoms with van der Waals surface area (Å²) in [6.45, 7) is 2.72. The molecule has 0 aliphatic heterocycles. The van der Waals surface area contributed by atoms with Gasteiger partial charge < -0.3 is 10.1 Å². The van der Waals surface area contributed by atoms with Gasteiger partial charge >= 0.3 is 0 Å². The Morgan fingerprint density at radius 2 is 1.71 bits per heavy atom. The fraction of sp³-hybridized carbons (Fsp3) is 0.200. The quantitative estimate of drug-likeness (QED) is 0.861. The van der Waals surface area contributed by atoms with E-state index in [0.29, 0.717) is 6.61 Å². The molecule has 0 saturated carbocycles. The van der Waals surface area contributed by atoms with Gasteiger partial charge in [-0.1, -0.05) is 24.3 Å². The van der Waals surface area contributed by atoms with Crippen molar-refractivity contribution in [3.05, 3.63) is 59.7 Å². The molecule has 0 fully saturated rings. The first-order valence-corrected chi connectivity index (χ1v) is 5.75. The van der Waals surface area contributed by atoms with Gasteiger partial charge in [-0.3, -0.25) is 0 Å². The minimum Gasteiger partial charge on any atom is -0.489 e. The first-order valence-electron chi connectivity index (χ1n) is 5.75. The highest BCUT2D eigenvalue weighted by Gasteiger charge is 1.98. The fourth-order valence-corrected chi connectivity index (χ4v) is 1.65. The summed E-state index contributed by atoms with van der Waals surface area (Å²) < 4.78 is 5.74. The lowest BCUT2D eigenvalue weighted by Gasteiger charge is -2.09. The van der Waals surface area contributed by atoms with Crippen molar-refractivity contribution in [2.24, 2.45) is 0 Å². The van der Waals surface area contributed by atoms with E-state index in [1.54, 1.807) is 0 Å². The summed E-state index contributed by atoms with van der Waals surface area (Å²) in [6.07, 6.45) is 0. The van der Waals surface area contributed by atoms with Crippen LogP contribution in [0, 0.1) is 6.92 Å². The molecule has 1 N–H and O–H groups in total. The van der Waals surface area contributed by atoms with Gasteiger partial charge in [0.2, 0.25) is 0 Å². The summed E-state index contributed by atoms with van der Waals surface area (Å²) in [5.41, 5.74) is 3.58. The van der Waals surface area contributed by atoms with E-state index >= 15 is 0 Å². The minimum absolute atomic E-state index is 0.617. The highest BCUT2D eigenvalue weighted by atomic mass is 16.5. The molecule has 0 aliphatic rings.